The topological polar surface area (TPSA) is 101 Å². The highest BCUT2D eigenvalue weighted by Crippen LogP contribution is 2.08. The number of benzene rings is 1. The average molecular weight is 286 g/mol. The van der Waals surface area contributed by atoms with Gasteiger partial charge in [0, 0.05) is 13.1 Å². The Kier molecular flexibility index (Phi) is 3.50. The van der Waals surface area contributed by atoms with E-state index in [0.717, 1.165) is 11.3 Å². The lowest BCUT2D eigenvalue weighted by Gasteiger charge is -2.10. The summed E-state index contributed by atoms with van der Waals surface area (Å²) >= 11 is 0. The number of nitrogens with one attached hydrogen (secondary N) is 3. The molecule has 3 amide bonds. The Morgan fingerprint density at radius 1 is 1.38 bits per heavy atom. The fraction of sp³-hybridized carbons (Fsp3) is 0.231. The van der Waals surface area contributed by atoms with Crippen molar-refractivity contribution in [3.05, 3.63) is 42.5 Å². The van der Waals surface area contributed by atoms with Crippen molar-refractivity contribution in [1.82, 2.24) is 30.7 Å². The van der Waals surface area contributed by atoms with Crippen molar-refractivity contribution < 1.29 is 9.59 Å². The van der Waals surface area contributed by atoms with Gasteiger partial charge in [0.1, 0.15) is 18.7 Å². The molecule has 1 aliphatic rings. The van der Waals surface area contributed by atoms with Crippen LogP contribution >= 0.6 is 0 Å². The largest absolute Gasteiger partial charge is 0.350 e. The third-order valence-electron chi connectivity index (χ3n) is 3.17. The third-order valence-corrected chi connectivity index (χ3v) is 3.17. The fourth-order valence-electron chi connectivity index (χ4n) is 2.03. The first-order valence-electron chi connectivity index (χ1n) is 6.48. The maximum absolute atomic E-state index is 11.8. The van der Waals surface area contributed by atoms with E-state index in [2.05, 4.69) is 26.0 Å². The fourth-order valence-corrected chi connectivity index (χ4v) is 2.03. The van der Waals surface area contributed by atoms with E-state index < -0.39 is 6.04 Å². The van der Waals surface area contributed by atoms with Crippen molar-refractivity contribution in [3.8, 4) is 5.69 Å². The van der Waals surface area contributed by atoms with Crippen LogP contribution in [-0.2, 0) is 11.3 Å². The van der Waals surface area contributed by atoms with Gasteiger partial charge in [0.25, 0.3) is 0 Å². The van der Waals surface area contributed by atoms with Crippen LogP contribution in [0.15, 0.2) is 36.9 Å². The molecule has 1 atom stereocenters. The molecule has 3 N–H and O–H groups in total. The predicted molar refractivity (Wildman–Crippen MR) is 73.5 cm³/mol. The van der Waals surface area contributed by atoms with Gasteiger partial charge in [-0.1, -0.05) is 12.1 Å². The van der Waals surface area contributed by atoms with Crippen LogP contribution in [-0.4, -0.2) is 39.3 Å². The quantitative estimate of drug-likeness (QED) is 0.709. The molecule has 1 aromatic carbocycles. The minimum atomic E-state index is -0.507. The second-order valence-corrected chi connectivity index (χ2v) is 4.63. The molecule has 0 aliphatic carbocycles. The molecule has 0 bridgehead atoms. The lowest BCUT2D eigenvalue weighted by molar-refractivity contribution is -0.122. The molecule has 2 heterocycles. The number of nitrogens with zero attached hydrogens (tertiary/aromatic N) is 3. The highest BCUT2D eigenvalue weighted by Gasteiger charge is 2.26. The molecule has 1 aliphatic heterocycles. The van der Waals surface area contributed by atoms with E-state index in [0.29, 0.717) is 13.1 Å². The summed E-state index contributed by atoms with van der Waals surface area (Å²) in [5.41, 5.74) is 1.86. The monoisotopic (exact) mass is 286 g/mol. The third kappa shape index (κ3) is 2.99. The highest BCUT2D eigenvalue weighted by molar-refractivity contribution is 5.90. The SMILES string of the molecule is O=C1NC[C@H](C(=O)NCc2ccc(-n3cncn3)cc2)N1. The van der Waals surface area contributed by atoms with Crippen molar-refractivity contribution in [2.75, 3.05) is 6.54 Å². The van der Waals surface area contributed by atoms with Gasteiger partial charge in [0.15, 0.2) is 0 Å². The minimum absolute atomic E-state index is 0.200. The first-order chi connectivity index (χ1) is 10.2. The number of hydrogen-bond donors (Lipinski definition) is 3. The second-order valence-electron chi connectivity index (χ2n) is 4.63. The molecule has 0 radical (unpaired) electrons. The maximum atomic E-state index is 11.8. The molecule has 0 spiro atoms. The van der Waals surface area contributed by atoms with Crippen LogP contribution in [0.3, 0.4) is 0 Å². The zero-order valence-corrected chi connectivity index (χ0v) is 11.1. The number of rotatable bonds is 4. The van der Waals surface area contributed by atoms with Crippen LogP contribution in [0.1, 0.15) is 5.56 Å². The number of carbonyl (C=O) groups is 2. The summed E-state index contributed by atoms with van der Waals surface area (Å²) in [5.74, 6) is -0.200. The van der Waals surface area contributed by atoms with Gasteiger partial charge < -0.3 is 16.0 Å². The molecular weight excluding hydrogens is 272 g/mol. The van der Waals surface area contributed by atoms with Gasteiger partial charge in [-0.3, -0.25) is 4.79 Å². The van der Waals surface area contributed by atoms with E-state index in [-0.39, 0.29) is 11.9 Å². The van der Waals surface area contributed by atoms with Crippen molar-refractivity contribution >= 4 is 11.9 Å². The first-order valence-corrected chi connectivity index (χ1v) is 6.48. The number of amides is 3. The number of urea groups is 1. The Morgan fingerprint density at radius 2 is 2.19 bits per heavy atom. The Bertz CT molecular complexity index is 637. The molecule has 0 unspecified atom stereocenters. The molecule has 1 fully saturated rings. The molecule has 1 saturated heterocycles. The molecular formula is C13H14N6O2. The maximum Gasteiger partial charge on any atom is 0.315 e. The molecule has 2 aromatic rings. The predicted octanol–water partition coefficient (Wildman–Crippen LogP) is -0.435. The van der Waals surface area contributed by atoms with Crippen LogP contribution in [0.4, 0.5) is 4.79 Å². The Balaban J connectivity index is 1.56. The first kappa shape index (κ1) is 13.1. The summed E-state index contributed by atoms with van der Waals surface area (Å²) < 4.78 is 1.65. The zero-order chi connectivity index (χ0) is 14.7. The Morgan fingerprint density at radius 3 is 2.81 bits per heavy atom. The van der Waals surface area contributed by atoms with E-state index in [1.165, 1.54) is 6.33 Å². The molecule has 0 saturated carbocycles. The summed E-state index contributed by atoms with van der Waals surface area (Å²) in [6.07, 6.45) is 3.09. The van der Waals surface area contributed by atoms with Crippen LogP contribution in [0.25, 0.3) is 5.69 Å². The van der Waals surface area contributed by atoms with Gasteiger partial charge in [0.05, 0.1) is 5.69 Å². The number of carbonyl (C=O) groups excluding carboxylic acids is 2. The molecule has 3 rings (SSSR count). The summed E-state index contributed by atoms with van der Waals surface area (Å²) in [5, 5.41) is 11.9. The molecule has 108 valence electrons. The van der Waals surface area contributed by atoms with Crippen LogP contribution < -0.4 is 16.0 Å². The average Bonchev–Trinajstić information content (AvgIpc) is 3.16. The minimum Gasteiger partial charge on any atom is -0.350 e. The van der Waals surface area contributed by atoms with E-state index in [4.69, 9.17) is 0 Å². The summed E-state index contributed by atoms with van der Waals surface area (Å²) in [6.45, 7) is 0.721. The van der Waals surface area contributed by atoms with E-state index >= 15 is 0 Å². The lowest BCUT2D eigenvalue weighted by Crippen LogP contribution is -2.42. The van der Waals surface area contributed by atoms with Crippen molar-refractivity contribution in [2.45, 2.75) is 12.6 Å². The van der Waals surface area contributed by atoms with Gasteiger partial charge in [-0.25, -0.2) is 14.5 Å². The molecule has 8 nitrogen and oxygen atoms in total. The molecule has 21 heavy (non-hydrogen) atoms. The van der Waals surface area contributed by atoms with Crippen LogP contribution in [0.5, 0.6) is 0 Å². The van der Waals surface area contributed by atoms with E-state index in [1.807, 2.05) is 24.3 Å². The van der Waals surface area contributed by atoms with Gasteiger partial charge >= 0.3 is 6.03 Å². The molecule has 1 aromatic heterocycles. The summed E-state index contributed by atoms with van der Waals surface area (Å²) in [4.78, 5) is 26.7. The van der Waals surface area contributed by atoms with Crippen molar-refractivity contribution in [2.24, 2.45) is 0 Å². The van der Waals surface area contributed by atoms with E-state index in [9.17, 15) is 9.59 Å². The second kappa shape index (κ2) is 5.61. The smallest absolute Gasteiger partial charge is 0.315 e. The highest BCUT2D eigenvalue weighted by atomic mass is 16.2. The normalized spacial score (nSPS) is 17.1. The summed E-state index contributed by atoms with van der Waals surface area (Å²) in [6, 6.07) is 6.79. The van der Waals surface area contributed by atoms with Gasteiger partial charge in [-0.2, -0.15) is 5.10 Å². The van der Waals surface area contributed by atoms with Crippen LogP contribution in [0.2, 0.25) is 0 Å². The standard InChI is InChI=1S/C13H14N6O2/c20-12(11-6-16-13(21)18-11)15-5-9-1-3-10(4-2-9)19-8-14-7-17-19/h1-4,7-8,11H,5-6H2,(H,15,20)(H2,16,18,21)/t11-/m1/s1. The molecule has 8 heteroatoms. The number of aromatic nitrogens is 3. The Hall–Kier alpha value is -2.90. The number of hydrogen-bond acceptors (Lipinski definition) is 4. The van der Waals surface area contributed by atoms with Gasteiger partial charge in [-0.05, 0) is 17.7 Å². The van der Waals surface area contributed by atoms with Gasteiger partial charge in [0.2, 0.25) is 5.91 Å². The van der Waals surface area contributed by atoms with Crippen molar-refractivity contribution in [1.29, 1.82) is 0 Å². The van der Waals surface area contributed by atoms with Gasteiger partial charge in [-0.15, -0.1) is 0 Å². The lowest BCUT2D eigenvalue weighted by atomic mass is 10.2. The summed E-state index contributed by atoms with van der Waals surface area (Å²) in [7, 11) is 0. The zero-order valence-electron chi connectivity index (χ0n) is 11.1. The van der Waals surface area contributed by atoms with Crippen LogP contribution in [0, 0.1) is 0 Å². The van der Waals surface area contributed by atoms with Crippen molar-refractivity contribution in [3.63, 3.8) is 0 Å². The van der Waals surface area contributed by atoms with E-state index in [1.54, 1.807) is 11.0 Å². The Labute approximate surface area is 120 Å².